The number of nitrogens with zero attached hydrogens (tertiary/aromatic N) is 3. The molecule has 0 aliphatic carbocycles. The van der Waals surface area contributed by atoms with E-state index >= 15 is 8.78 Å². The maximum Gasteiger partial charge on any atom is 0.263 e. The maximum absolute atomic E-state index is 15.6. The minimum atomic E-state index is -1.26. The van der Waals surface area contributed by atoms with Crippen molar-refractivity contribution >= 4 is 23.4 Å². The lowest BCUT2D eigenvalue weighted by atomic mass is 10.2. The Morgan fingerprint density at radius 2 is 1.93 bits per heavy atom. The van der Waals surface area contributed by atoms with Crippen molar-refractivity contribution in [3.63, 3.8) is 0 Å². The first-order valence-corrected chi connectivity index (χ1v) is 13.7. The summed E-state index contributed by atoms with van der Waals surface area (Å²) in [7, 11) is 1.91. The monoisotopic (exact) mass is 572 g/mol. The molecule has 2 aromatic carbocycles. The number of benzene rings is 2. The molecule has 6 N–H and O–H groups in total. The zero-order chi connectivity index (χ0) is 28.8. The van der Waals surface area contributed by atoms with Gasteiger partial charge in [0.1, 0.15) is 24.0 Å². The molecule has 0 bridgehead atoms. The van der Waals surface area contributed by atoms with E-state index in [9.17, 15) is 5.11 Å². The third-order valence-electron chi connectivity index (χ3n) is 5.95. The van der Waals surface area contributed by atoms with Gasteiger partial charge in [-0.05, 0) is 48.8 Å². The summed E-state index contributed by atoms with van der Waals surface area (Å²) in [5, 5.41) is 17.9. The molecule has 2 heterocycles. The highest BCUT2D eigenvalue weighted by Crippen LogP contribution is 2.39. The van der Waals surface area contributed by atoms with E-state index in [0.29, 0.717) is 13.0 Å². The molecular weight excluding hydrogens is 542 g/mol. The minimum absolute atomic E-state index is 0.177. The zero-order valence-electron chi connectivity index (χ0n) is 22.0. The molecule has 0 spiro atoms. The number of phenolic OH excluding ortho intramolecular Hbond substituents is 1. The SMILES string of the molecule is CSCCC(N)COc1c(F)c(Oc2cccc(C3=NCCN3C)c2)nc(Oc2cc(C(=N)N)ccc2O)c1F. The van der Waals surface area contributed by atoms with Crippen molar-refractivity contribution in [1.29, 1.82) is 5.41 Å². The third kappa shape index (κ3) is 6.72. The third-order valence-corrected chi connectivity index (χ3v) is 6.60. The summed E-state index contributed by atoms with van der Waals surface area (Å²) >= 11 is 1.59. The van der Waals surface area contributed by atoms with E-state index in [1.807, 2.05) is 24.3 Å². The highest BCUT2D eigenvalue weighted by Gasteiger charge is 2.27. The Bertz CT molecular complexity index is 1420. The number of likely N-dealkylation sites (N-methyl/N-ethyl adjacent to an activating group) is 1. The normalized spacial score (nSPS) is 13.6. The van der Waals surface area contributed by atoms with Crippen LogP contribution in [0.1, 0.15) is 17.5 Å². The number of hydrogen-bond donors (Lipinski definition) is 4. The summed E-state index contributed by atoms with van der Waals surface area (Å²) in [6, 6.07) is 10.2. The number of amidine groups is 2. The summed E-state index contributed by atoms with van der Waals surface area (Å²) in [6.45, 7) is 1.25. The quantitative estimate of drug-likeness (QED) is 0.186. The number of pyridine rings is 1. The number of aliphatic imine (C=N–C) groups is 1. The number of nitrogens with one attached hydrogen (secondary N) is 1. The predicted octanol–water partition coefficient (Wildman–Crippen LogP) is 4.09. The highest BCUT2D eigenvalue weighted by atomic mass is 32.2. The van der Waals surface area contributed by atoms with E-state index < -0.39 is 35.2 Å². The van der Waals surface area contributed by atoms with Crippen LogP contribution in [0.4, 0.5) is 8.78 Å². The first-order valence-electron chi connectivity index (χ1n) is 12.3. The molecule has 40 heavy (non-hydrogen) atoms. The molecule has 4 rings (SSSR count). The fourth-order valence-electron chi connectivity index (χ4n) is 3.81. The van der Waals surface area contributed by atoms with Gasteiger partial charge in [0.05, 0.1) is 6.54 Å². The van der Waals surface area contributed by atoms with E-state index in [0.717, 1.165) is 23.7 Å². The van der Waals surface area contributed by atoms with Crippen molar-refractivity contribution in [3.8, 4) is 34.8 Å². The number of rotatable bonds is 12. The molecule has 0 fully saturated rings. The van der Waals surface area contributed by atoms with E-state index in [-0.39, 0.29) is 35.3 Å². The first kappa shape index (κ1) is 28.9. The number of ether oxygens (including phenoxy) is 3. The molecular formula is C27H30F2N6O4S. The van der Waals surface area contributed by atoms with E-state index in [1.54, 1.807) is 30.0 Å². The van der Waals surface area contributed by atoms with E-state index in [4.69, 9.17) is 31.1 Å². The molecule has 13 heteroatoms. The van der Waals surface area contributed by atoms with Crippen LogP contribution in [-0.2, 0) is 0 Å². The molecule has 1 atom stereocenters. The number of aromatic nitrogens is 1. The summed E-state index contributed by atoms with van der Waals surface area (Å²) < 4.78 is 47.8. The Balaban J connectivity index is 1.71. The van der Waals surface area contributed by atoms with Crippen molar-refractivity contribution in [2.24, 2.45) is 16.5 Å². The fraction of sp³-hybridized carbons (Fsp3) is 0.296. The van der Waals surface area contributed by atoms with Crippen LogP contribution in [-0.4, -0.2) is 71.5 Å². The van der Waals surface area contributed by atoms with Gasteiger partial charge in [0.15, 0.2) is 11.5 Å². The lowest BCUT2D eigenvalue weighted by Crippen LogP contribution is -2.29. The average Bonchev–Trinajstić information content (AvgIpc) is 3.37. The largest absolute Gasteiger partial charge is 0.504 e. The Morgan fingerprint density at radius 3 is 2.60 bits per heavy atom. The predicted molar refractivity (Wildman–Crippen MR) is 150 cm³/mol. The van der Waals surface area contributed by atoms with Crippen LogP contribution in [0.15, 0.2) is 47.5 Å². The van der Waals surface area contributed by atoms with Crippen molar-refractivity contribution in [2.45, 2.75) is 12.5 Å². The molecule has 1 aromatic heterocycles. The van der Waals surface area contributed by atoms with Gasteiger partial charge in [0.2, 0.25) is 17.4 Å². The van der Waals surface area contributed by atoms with Crippen LogP contribution in [0.25, 0.3) is 0 Å². The van der Waals surface area contributed by atoms with Gasteiger partial charge >= 0.3 is 0 Å². The highest BCUT2D eigenvalue weighted by molar-refractivity contribution is 7.98. The number of phenols is 1. The molecule has 3 aromatic rings. The molecule has 0 saturated heterocycles. The topological polar surface area (TPSA) is 152 Å². The number of hydrogen-bond acceptors (Lipinski definition) is 10. The molecule has 212 valence electrons. The average molecular weight is 573 g/mol. The van der Waals surface area contributed by atoms with Gasteiger partial charge in [0.25, 0.3) is 11.8 Å². The number of aromatic hydroxyl groups is 1. The van der Waals surface area contributed by atoms with Gasteiger partial charge in [-0.25, -0.2) is 0 Å². The molecule has 10 nitrogen and oxygen atoms in total. The van der Waals surface area contributed by atoms with Crippen LogP contribution >= 0.6 is 11.8 Å². The van der Waals surface area contributed by atoms with Crippen molar-refractivity contribution in [3.05, 3.63) is 65.2 Å². The smallest absolute Gasteiger partial charge is 0.263 e. The van der Waals surface area contributed by atoms with Gasteiger partial charge in [-0.3, -0.25) is 10.4 Å². The Labute approximate surface area is 234 Å². The second kappa shape index (κ2) is 12.8. The minimum Gasteiger partial charge on any atom is -0.504 e. The first-order chi connectivity index (χ1) is 19.2. The number of thioether (sulfide) groups is 1. The molecule has 1 aliphatic rings. The Kier molecular flexibility index (Phi) is 9.27. The van der Waals surface area contributed by atoms with E-state index in [2.05, 4.69) is 9.98 Å². The number of halogens is 2. The van der Waals surface area contributed by atoms with Gasteiger partial charge in [-0.15, -0.1) is 0 Å². The van der Waals surface area contributed by atoms with Gasteiger partial charge in [-0.2, -0.15) is 25.5 Å². The molecule has 1 aliphatic heterocycles. The fourth-order valence-corrected chi connectivity index (χ4v) is 4.35. The van der Waals surface area contributed by atoms with Gasteiger partial charge in [0, 0.05) is 30.8 Å². The maximum atomic E-state index is 15.6. The standard InChI is InChI=1S/C27H30F2N6O4S/c1-35-10-9-33-25(35)16-4-3-5-18(12-16)38-26-21(28)23(37-14-17(30)8-11-40-2)22(29)27(34-26)39-20-13-15(24(31)32)6-7-19(20)36/h3-7,12-13,17,36H,8-11,14,30H2,1-2H3,(H3,31,32). The van der Waals surface area contributed by atoms with Gasteiger partial charge in [-0.1, -0.05) is 12.1 Å². The van der Waals surface area contributed by atoms with Crippen LogP contribution in [0, 0.1) is 17.0 Å². The molecule has 0 saturated carbocycles. The van der Waals surface area contributed by atoms with Crippen molar-refractivity contribution < 1.29 is 28.1 Å². The summed E-state index contributed by atoms with van der Waals surface area (Å²) in [4.78, 5) is 10.4. The van der Waals surface area contributed by atoms with Gasteiger partial charge < -0.3 is 35.7 Å². The second-order valence-corrected chi connectivity index (χ2v) is 9.97. The molecule has 0 radical (unpaired) electrons. The lowest BCUT2D eigenvalue weighted by molar-refractivity contribution is 0.247. The summed E-state index contributed by atoms with van der Waals surface area (Å²) in [5.74, 6) is -3.82. The summed E-state index contributed by atoms with van der Waals surface area (Å²) in [5.41, 5.74) is 12.5. The van der Waals surface area contributed by atoms with Crippen molar-refractivity contribution in [1.82, 2.24) is 9.88 Å². The number of nitrogen functional groups attached to an aromatic ring is 1. The van der Waals surface area contributed by atoms with Crippen LogP contribution < -0.4 is 25.7 Å². The zero-order valence-corrected chi connectivity index (χ0v) is 22.8. The van der Waals surface area contributed by atoms with Crippen LogP contribution in [0.2, 0.25) is 0 Å². The van der Waals surface area contributed by atoms with E-state index in [1.165, 1.54) is 18.2 Å². The number of nitrogens with two attached hydrogens (primary N) is 2. The second-order valence-electron chi connectivity index (χ2n) is 8.99. The molecule has 0 amide bonds. The van der Waals surface area contributed by atoms with Crippen LogP contribution in [0.5, 0.6) is 34.8 Å². The Hall–Kier alpha value is -4.10. The summed E-state index contributed by atoms with van der Waals surface area (Å²) in [6.07, 6.45) is 2.49. The molecule has 1 unspecified atom stereocenters. The van der Waals surface area contributed by atoms with Crippen LogP contribution in [0.3, 0.4) is 0 Å². The van der Waals surface area contributed by atoms with Crippen molar-refractivity contribution in [2.75, 3.05) is 38.8 Å². The Morgan fingerprint density at radius 1 is 1.18 bits per heavy atom. The lowest BCUT2D eigenvalue weighted by Gasteiger charge is -2.18.